The molecule has 0 aliphatic carbocycles. The van der Waals surface area contributed by atoms with Gasteiger partial charge in [-0.2, -0.15) is 0 Å². The number of nitrogens with one attached hydrogen (secondary N) is 1. The van der Waals surface area contributed by atoms with Gasteiger partial charge in [0.15, 0.2) is 0 Å². The van der Waals surface area contributed by atoms with Crippen molar-refractivity contribution in [2.24, 2.45) is 0 Å². The summed E-state index contributed by atoms with van der Waals surface area (Å²) < 4.78 is 26.0. The molecular weight excluding hydrogens is 280 g/mol. The molecule has 5 nitrogen and oxygen atoms in total. The van der Waals surface area contributed by atoms with E-state index in [0.717, 1.165) is 6.07 Å². The van der Waals surface area contributed by atoms with Crippen LogP contribution in [0.1, 0.15) is 11.3 Å². The number of nitro groups is 1. The molecule has 1 aromatic heterocycles. The van der Waals surface area contributed by atoms with E-state index in [9.17, 15) is 18.9 Å². The monoisotopic (exact) mass is 293 g/mol. The van der Waals surface area contributed by atoms with E-state index in [1.54, 1.807) is 6.92 Å². The molecule has 0 aliphatic rings. The van der Waals surface area contributed by atoms with E-state index >= 15 is 0 Å². The van der Waals surface area contributed by atoms with Crippen molar-refractivity contribution in [2.75, 3.05) is 11.9 Å². The summed E-state index contributed by atoms with van der Waals surface area (Å²) in [6, 6.07) is 6.21. The number of hydrogen-bond donors (Lipinski definition) is 1. The molecule has 0 saturated carbocycles. The molecular formula is C14H13F2N3O2. The van der Waals surface area contributed by atoms with E-state index in [1.807, 2.05) is 0 Å². The van der Waals surface area contributed by atoms with Crippen molar-refractivity contribution in [1.29, 1.82) is 0 Å². The van der Waals surface area contributed by atoms with Crippen LogP contribution < -0.4 is 5.32 Å². The number of rotatable bonds is 5. The molecule has 0 unspecified atom stereocenters. The molecule has 0 bridgehead atoms. The number of halogens is 2. The van der Waals surface area contributed by atoms with Crippen LogP contribution in [0.2, 0.25) is 0 Å². The average molecular weight is 293 g/mol. The molecule has 0 amide bonds. The Morgan fingerprint density at radius 1 is 1.24 bits per heavy atom. The molecule has 21 heavy (non-hydrogen) atoms. The van der Waals surface area contributed by atoms with Gasteiger partial charge in [-0.15, -0.1) is 0 Å². The lowest BCUT2D eigenvalue weighted by Gasteiger charge is -2.07. The largest absolute Gasteiger partial charge is 0.370 e. The first kappa shape index (κ1) is 14.8. The van der Waals surface area contributed by atoms with Gasteiger partial charge in [0.05, 0.1) is 4.92 Å². The van der Waals surface area contributed by atoms with Crippen molar-refractivity contribution in [1.82, 2.24) is 4.98 Å². The van der Waals surface area contributed by atoms with Crippen LogP contribution in [0, 0.1) is 28.7 Å². The Kier molecular flexibility index (Phi) is 4.42. The van der Waals surface area contributed by atoms with E-state index in [4.69, 9.17) is 0 Å². The van der Waals surface area contributed by atoms with E-state index in [0.29, 0.717) is 30.0 Å². The maximum absolute atomic E-state index is 13.0. The fourth-order valence-corrected chi connectivity index (χ4v) is 1.94. The highest BCUT2D eigenvalue weighted by Crippen LogP contribution is 2.17. The van der Waals surface area contributed by atoms with Crippen molar-refractivity contribution < 1.29 is 13.7 Å². The topological polar surface area (TPSA) is 68.1 Å². The lowest BCUT2D eigenvalue weighted by molar-refractivity contribution is -0.385. The number of anilines is 1. The van der Waals surface area contributed by atoms with Crippen molar-refractivity contribution in [3.63, 3.8) is 0 Å². The van der Waals surface area contributed by atoms with Crippen LogP contribution in [-0.4, -0.2) is 16.5 Å². The van der Waals surface area contributed by atoms with Crippen LogP contribution in [0.15, 0.2) is 30.3 Å². The van der Waals surface area contributed by atoms with Crippen molar-refractivity contribution in [3.05, 3.63) is 63.3 Å². The fourth-order valence-electron chi connectivity index (χ4n) is 1.94. The average Bonchev–Trinajstić information content (AvgIpc) is 2.37. The lowest BCUT2D eigenvalue weighted by atomic mass is 10.1. The lowest BCUT2D eigenvalue weighted by Crippen LogP contribution is -2.07. The minimum atomic E-state index is -0.616. The summed E-state index contributed by atoms with van der Waals surface area (Å²) in [4.78, 5) is 14.2. The van der Waals surface area contributed by atoms with E-state index < -0.39 is 16.6 Å². The summed E-state index contributed by atoms with van der Waals surface area (Å²) in [5.74, 6) is -0.751. The molecule has 110 valence electrons. The highest BCUT2D eigenvalue weighted by Gasteiger charge is 2.11. The van der Waals surface area contributed by atoms with Crippen molar-refractivity contribution >= 4 is 11.5 Å². The molecule has 1 heterocycles. The molecule has 1 aromatic carbocycles. The first-order chi connectivity index (χ1) is 9.95. The Morgan fingerprint density at radius 3 is 2.48 bits per heavy atom. The summed E-state index contributed by atoms with van der Waals surface area (Å²) >= 11 is 0. The molecule has 2 aromatic rings. The van der Waals surface area contributed by atoms with Crippen LogP contribution >= 0.6 is 0 Å². The predicted octanol–water partition coefficient (Wildman–Crippen LogP) is 3.23. The molecule has 0 saturated heterocycles. The second-order valence-electron chi connectivity index (χ2n) is 4.51. The Labute approximate surface area is 119 Å². The Hall–Kier alpha value is -2.57. The third kappa shape index (κ3) is 3.95. The van der Waals surface area contributed by atoms with Crippen molar-refractivity contribution in [2.45, 2.75) is 13.3 Å². The van der Waals surface area contributed by atoms with Gasteiger partial charge in [-0.25, -0.2) is 13.8 Å². The van der Waals surface area contributed by atoms with Crippen LogP contribution in [0.5, 0.6) is 0 Å². The van der Waals surface area contributed by atoms with E-state index in [1.165, 1.54) is 24.3 Å². The second kappa shape index (κ2) is 6.25. The van der Waals surface area contributed by atoms with Gasteiger partial charge in [0, 0.05) is 18.7 Å². The Morgan fingerprint density at radius 2 is 1.90 bits per heavy atom. The minimum absolute atomic E-state index is 0.0484. The van der Waals surface area contributed by atoms with Gasteiger partial charge in [0.1, 0.15) is 23.1 Å². The molecule has 0 fully saturated rings. The Bertz CT molecular complexity index is 657. The van der Waals surface area contributed by atoms with E-state index in [-0.39, 0.29) is 5.69 Å². The number of hydrogen-bond acceptors (Lipinski definition) is 4. The highest BCUT2D eigenvalue weighted by molar-refractivity contribution is 5.44. The number of pyridine rings is 1. The molecule has 0 radical (unpaired) electrons. The standard InChI is InChI=1S/C14H13F2N3O2/c1-9-13(19(20)21)2-3-14(18-9)17-5-4-10-6-11(15)8-12(16)7-10/h2-3,6-8H,4-5H2,1H3,(H,17,18). The SMILES string of the molecule is Cc1nc(NCCc2cc(F)cc(F)c2)ccc1[N+](=O)[O-]. The third-order valence-corrected chi connectivity index (χ3v) is 2.90. The smallest absolute Gasteiger partial charge is 0.290 e. The van der Waals surface area contributed by atoms with Gasteiger partial charge >= 0.3 is 0 Å². The summed E-state index contributed by atoms with van der Waals surface area (Å²) in [5, 5.41) is 13.6. The zero-order valence-corrected chi connectivity index (χ0v) is 11.3. The normalized spacial score (nSPS) is 10.4. The summed E-state index contributed by atoms with van der Waals surface area (Å²) in [6.07, 6.45) is 0.409. The predicted molar refractivity (Wildman–Crippen MR) is 74.2 cm³/mol. The maximum atomic E-state index is 13.0. The van der Waals surface area contributed by atoms with Crippen molar-refractivity contribution in [3.8, 4) is 0 Å². The van der Waals surface area contributed by atoms with Gasteiger partial charge in [-0.3, -0.25) is 10.1 Å². The zero-order valence-electron chi connectivity index (χ0n) is 11.3. The number of aryl methyl sites for hydroxylation is 1. The molecule has 0 atom stereocenters. The van der Waals surface area contributed by atoms with Gasteiger partial charge in [-0.1, -0.05) is 0 Å². The van der Waals surface area contributed by atoms with Crippen LogP contribution in [0.4, 0.5) is 20.3 Å². The van der Waals surface area contributed by atoms with Gasteiger partial charge < -0.3 is 5.32 Å². The molecule has 1 N–H and O–H groups in total. The quantitative estimate of drug-likeness (QED) is 0.679. The zero-order chi connectivity index (χ0) is 15.4. The van der Waals surface area contributed by atoms with Gasteiger partial charge in [0.2, 0.25) is 0 Å². The minimum Gasteiger partial charge on any atom is -0.370 e. The number of aromatic nitrogens is 1. The van der Waals surface area contributed by atoms with Gasteiger partial charge in [-0.05, 0) is 37.1 Å². The third-order valence-electron chi connectivity index (χ3n) is 2.90. The summed E-state index contributed by atoms with van der Waals surface area (Å²) in [5.41, 5.74) is 0.785. The summed E-state index contributed by atoms with van der Waals surface area (Å²) in [6.45, 7) is 1.96. The van der Waals surface area contributed by atoms with Crippen LogP contribution in [-0.2, 0) is 6.42 Å². The number of nitrogens with zero attached hydrogens (tertiary/aromatic N) is 2. The highest BCUT2D eigenvalue weighted by atomic mass is 19.1. The van der Waals surface area contributed by atoms with Crippen LogP contribution in [0.3, 0.4) is 0 Å². The molecule has 2 rings (SSSR count). The molecule has 0 spiro atoms. The van der Waals surface area contributed by atoms with E-state index in [2.05, 4.69) is 10.3 Å². The van der Waals surface area contributed by atoms with Crippen LogP contribution in [0.25, 0.3) is 0 Å². The molecule has 0 aliphatic heterocycles. The molecule has 7 heteroatoms. The number of benzene rings is 1. The second-order valence-corrected chi connectivity index (χ2v) is 4.51. The Balaban J connectivity index is 1.97. The fraction of sp³-hybridized carbons (Fsp3) is 0.214. The maximum Gasteiger partial charge on any atom is 0.290 e. The van der Waals surface area contributed by atoms with Gasteiger partial charge in [0.25, 0.3) is 5.69 Å². The first-order valence-corrected chi connectivity index (χ1v) is 6.26. The first-order valence-electron chi connectivity index (χ1n) is 6.26. The summed E-state index contributed by atoms with van der Waals surface area (Å²) in [7, 11) is 0.